The molecule has 0 aliphatic rings. The van der Waals surface area contributed by atoms with E-state index >= 15 is 0 Å². The standard InChI is InChI=1S/C14H16N2O2/c1-10-6-7-13(15)14(16-10)18-12-5-3-4-11(8-12)9-17-2/h3-8H,9,15H2,1-2H3. The summed E-state index contributed by atoms with van der Waals surface area (Å²) in [4.78, 5) is 4.27. The van der Waals surface area contributed by atoms with Crippen molar-refractivity contribution in [3.05, 3.63) is 47.7 Å². The Morgan fingerprint density at radius 3 is 2.83 bits per heavy atom. The van der Waals surface area contributed by atoms with E-state index in [4.69, 9.17) is 15.2 Å². The fraction of sp³-hybridized carbons (Fsp3) is 0.214. The van der Waals surface area contributed by atoms with Crippen LogP contribution in [0.3, 0.4) is 0 Å². The number of nitrogens with zero attached hydrogens (tertiary/aromatic N) is 1. The number of methoxy groups -OCH3 is 1. The van der Waals surface area contributed by atoms with Crippen molar-refractivity contribution in [1.29, 1.82) is 0 Å². The molecule has 2 rings (SSSR count). The molecule has 0 saturated heterocycles. The van der Waals surface area contributed by atoms with Gasteiger partial charge in [0.2, 0.25) is 5.88 Å². The Balaban J connectivity index is 2.22. The summed E-state index contributed by atoms with van der Waals surface area (Å²) in [7, 11) is 1.66. The van der Waals surface area contributed by atoms with Gasteiger partial charge in [-0.05, 0) is 36.8 Å². The van der Waals surface area contributed by atoms with Gasteiger partial charge in [0.25, 0.3) is 0 Å². The second kappa shape index (κ2) is 5.51. The molecular formula is C14H16N2O2. The van der Waals surface area contributed by atoms with Gasteiger partial charge in [0.1, 0.15) is 5.75 Å². The molecule has 2 aromatic rings. The van der Waals surface area contributed by atoms with E-state index in [1.54, 1.807) is 13.2 Å². The van der Waals surface area contributed by atoms with Crippen LogP contribution in [0.2, 0.25) is 0 Å². The topological polar surface area (TPSA) is 57.4 Å². The number of nitrogen functional groups attached to an aromatic ring is 1. The number of aromatic nitrogens is 1. The van der Waals surface area contributed by atoms with Gasteiger partial charge in [-0.15, -0.1) is 0 Å². The van der Waals surface area contributed by atoms with E-state index < -0.39 is 0 Å². The van der Waals surface area contributed by atoms with E-state index in [9.17, 15) is 0 Å². The van der Waals surface area contributed by atoms with E-state index in [-0.39, 0.29) is 0 Å². The number of hydrogen-bond donors (Lipinski definition) is 1. The summed E-state index contributed by atoms with van der Waals surface area (Å²) < 4.78 is 10.8. The number of aryl methyl sites for hydroxylation is 1. The maximum Gasteiger partial charge on any atom is 0.242 e. The number of anilines is 1. The minimum absolute atomic E-state index is 0.435. The highest BCUT2D eigenvalue weighted by Crippen LogP contribution is 2.26. The monoisotopic (exact) mass is 244 g/mol. The van der Waals surface area contributed by atoms with Crippen LogP contribution in [0.5, 0.6) is 11.6 Å². The van der Waals surface area contributed by atoms with Gasteiger partial charge in [-0.3, -0.25) is 0 Å². The Morgan fingerprint density at radius 1 is 1.22 bits per heavy atom. The zero-order chi connectivity index (χ0) is 13.0. The zero-order valence-electron chi connectivity index (χ0n) is 10.5. The second-order valence-corrected chi connectivity index (χ2v) is 4.03. The van der Waals surface area contributed by atoms with Crippen LogP contribution in [0.4, 0.5) is 5.69 Å². The second-order valence-electron chi connectivity index (χ2n) is 4.03. The van der Waals surface area contributed by atoms with Crippen molar-refractivity contribution in [2.75, 3.05) is 12.8 Å². The van der Waals surface area contributed by atoms with Crippen LogP contribution in [0.15, 0.2) is 36.4 Å². The predicted octanol–water partition coefficient (Wildman–Crippen LogP) is 2.91. The molecule has 0 radical (unpaired) electrons. The molecule has 18 heavy (non-hydrogen) atoms. The van der Waals surface area contributed by atoms with Crippen molar-refractivity contribution in [1.82, 2.24) is 4.98 Å². The SMILES string of the molecule is COCc1cccc(Oc2nc(C)ccc2N)c1. The van der Waals surface area contributed by atoms with E-state index in [1.165, 1.54) is 0 Å². The first kappa shape index (κ1) is 12.4. The van der Waals surface area contributed by atoms with Gasteiger partial charge in [-0.1, -0.05) is 12.1 Å². The molecule has 1 aromatic heterocycles. The van der Waals surface area contributed by atoms with Crippen LogP contribution in [-0.2, 0) is 11.3 Å². The molecule has 0 aliphatic heterocycles. The summed E-state index contributed by atoms with van der Waals surface area (Å²) in [6, 6.07) is 11.3. The molecule has 0 atom stereocenters. The molecule has 0 spiro atoms. The van der Waals surface area contributed by atoms with Crippen LogP contribution in [0.25, 0.3) is 0 Å². The van der Waals surface area contributed by atoms with Gasteiger partial charge in [0, 0.05) is 12.8 Å². The fourth-order valence-corrected chi connectivity index (χ4v) is 1.60. The Labute approximate surface area is 106 Å². The molecule has 1 heterocycles. The van der Waals surface area contributed by atoms with Gasteiger partial charge in [0.05, 0.1) is 12.3 Å². The fourth-order valence-electron chi connectivity index (χ4n) is 1.60. The molecule has 1 aromatic carbocycles. The predicted molar refractivity (Wildman–Crippen MR) is 70.6 cm³/mol. The number of nitrogens with two attached hydrogens (primary N) is 1. The van der Waals surface area contributed by atoms with Gasteiger partial charge >= 0.3 is 0 Å². The quantitative estimate of drug-likeness (QED) is 0.898. The van der Waals surface area contributed by atoms with Gasteiger partial charge in [-0.25, -0.2) is 4.98 Å². The molecule has 0 aliphatic carbocycles. The normalized spacial score (nSPS) is 10.3. The van der Waals surface area contributed by atoms with Crippen LogP contribution in [0, 0.1) is 6.92 Å². The lowest BCUT2D eigenvalue weighted by Crippen LogP contribution is -1.97. The first-order valence-corrected chi connectivity index (χ1v) is 5.68. The van der Waals surface area contributed by atoms with Crippen LogP contribution in [0.1, 0.15) is 11.3 Å². The largest absolute Gasteiger partial charge is 0.437 e. The van der Waals surface area contributed by atoms with Crippen molar-refractivity contribution >= 4 is 5.69 Å². The Bertz CT molecular complexity index is 541. The minimum Gasteiger partial charge on any atom is -0.437 e. The third-order valence-corrected chi connectivity index (χ3v) is 2.45. The number of benzene rings is 1. The van der Waals surface area contributed by atoms with Gasteiger partial charge < -0.3 is 15.2 Å². The van der Waals surface area contributed by atoms with E-state index in [0.29, 0.717) is 23.9 Å². The van der Waals surface area contributed by atoms with Crippen molar-refractivity contribution in [2.24, 2.45) is 0 Å². The Kier molecular flexibility index (Phi) is 3.79. The van der Waals surface area contributed by atoms with E-state index in [1.807, 2.05) is 37.3 Å². The van der Waals surface area contributed by atoms with E-state index in [0.717, 1.165) is 11.3 Å². The average Bonchev–Trinajstić information content (AvgIpc) is 2.35. The van der Waals surface area contributed by atoms with E-state index in [2.05, 4.69) is 4.98 Å². The van der Waals surface area contributed by atoms with Crippen LogP contribution < -0.4 is 10.5 Å². The molecule has 94 valence electrons. The van der Waals surface area contributed by atoms with Gasteiger partial charge in [0.15, 0.2) is 0 Å². The van der Waals surface area contributed by atoms with Crippen molar-refractivity contribution in [3.8, 4) is 11.6 Å². The summed E-state index contributed by atoms with van der Waals surface area (Å²) in [6.07, 6.45) is 0. The van der Waals surface area contributed by atoms with Gasteiger partial charge in [-0.2, -0.15) is 0 Å². The highest BCUT2D eigenvalue weighted by Gasteiger charge is 2.05. The minimum atomic E-state index is 0.435. The number of pyridine rings is 1. The highest BCUT2D eigenvalue weighted by molar-refractivity contribution is 5.50. The maximum atomic E-state index is 5.82. The molecule has 0 amide bonds. The molecule has 2 N–H and O–H groups in total. The molecule has 0 unspecified atom stereocenters. The molecule has 0 fully saturated rings. The molecule has 0 bridgehead atoms. The summed E-state index contributed by atoms with van der Waals surface area (Å²) >= 11 is 0. The third kappa shape index (κ3) is 2.99. The molecular weight excluding hydrogens is 228 g/mol. The lowest BCUT2D eigenvalue weighted by Gasteiger charge is -2.09. The lowest BCUT2D eigenvalue weighted by molar-refractivity contribution is 0.184. The summed E-state index contributed by atoms with van der Waals surface area (Å²) in [6.45, 7) is 2.45. The van der Waals surface area contributed by atoms with Crippen LogP contribution in [-0.4, -0.2) is 12.1 Å². The molecule has 4 heteroatoms. The smallest absolute Gasteiger partial charge is 0.242 e. The van der Waals surface area contributed by atoms with Crippen molar-refractivity contribution in [3.63, 3.8) is 0 Å². The zero-order valence-corrected chi connectivity index (χ0v) is 10.5. The van der Waals surface area contributed by atoms with Crippen molar-refractivity contribution < 1.29 is 9.47 Å². The first-order chi connectivity index (χ1) is 8.69. The Hall–Kier alpha value is -2.07. The first-order valence-electron chi connectivity index (χ1n) is 5.68. The lowest BCUT2D eigenvalue weighted by atomic mass is 10.2. The summed E-state index contributed by atoms with van der Waals surface area (Å²) in [5.41, 5.74) is 8.26. The third-order valence-electron chi connectivity index (χ3n) is 2.45. The maximum absolute atomic E-state index is 5.82. The number of ether oxygens (including phenoxy) is 2. The summed E-state index contributed by atoms with van der Waals surface area (Å²) in [5, 5.41) is 0. The number of hydrogen-bond acceptors (Lipinski definition) is 4. The summed E-state index contributed by atoms with van der Waals surface area (Å²) in [5.74, 6) is 1.14. The molecule has 4 nitrogen and oxygen atoms in total. The highest BCUT2D eigenvalue weighted by atomic mass is 16.5. The average molecular weight is 244 g/mol. The number of rotatable bonds is 4. The van der Waals surface area contributed by atoms with Crippen LogP contribution >= 0.6 is 0 Å². The molecule has 0 saturated carbocycles. The van der Waals surface area contributed by atoms with Crippen molar-refractivity contribution in [2.45, 2.75) is 13.5 Å². The Morgan fingerprint density at radius 2 is 2.06 bits per heavy atom.